The zero-order valence-electron chi connectivity index (χ0n) is 17.3. The monoisotopic (exact) mass is 408 g/mol. The van der Waals surface area contributed by atoms with E-state index in [-0.39, 0.29) is 11.8 Å². The zero-order chi connectivity index (χ0) is 20.5. The quantitative estimate of drug-likeness (QED) is 0.633. The fourth-order valence-corrected chi connectivity index (χ4v) is 5.11. The number of nitrogens with zero attached hydrogens (tertiary/aromatic N) is 3. The molecule has 152 valence electrons. The Morgan fingerprint density at radius 2 is 2.14 bits per heavy atom. The van der Waals surface area contributed by atoms with Gasteiger partial charge in [0.25, 0.3) is 0 Å². The van der Waals surface area contributed by atoms with Gasteiger partial charge in [-0.1, -0.05) is 20.8 Å². The summed E-state index contributed by atoms with van der Waals surface area (Å²) < 4.78 is 1.13. The van der Waals surface area contributed by atoms with Crippen LogP contribution in [0.15, 0.2) is 36.7 Å². The maximum absolute atomic E-state index is 13.0. The van der Waals surface area contributed by atoms with Crippen molar-refractivity contribution in [3.05, 3.63) is 52.8 Å². The molecule has 0 unspecified atom stereocenters. The molecule has 1 aliphatic rings. The number of nitrogens with two attached hydrogens (primary N) is 1. The van der Waals surface area contributed by atoms with Crippen molar-refractivity contribution < 1.29 is 4.79 Å². The van der Waals surface area contributed by atoms with Crippen molar-refractivity contribution >= 4 is 33.0 Å². The Balaban J connectivity index is 1.58. The van der Waals surface area contributed by atoms with E-state index in [9.17, 15) is 4.79 Å². The first-order valence-corrected chi connectivity index (χ1v) is 11.1. The van der Waals surface area contributed by atoms with E-state index in [0.717, 1.165) is 41.0 Å². The van der Waals surface area contributed by atoms with Gasteiger partial charge in [-0.3, -0.25) is 9.78 Å². The van der Waals surface area contributed by atoms with Crippen LogP contribution < -0.4 is 10.6 Å². The Morgan fingerprint density at radius 1 is 1.31 bits per heavy atom. The lowest BCUT2D eigenvalue weighted by Gasteiger charge is -2.37. The van der Waals surface area contributed by atoms with Gasteiger partial charge < -0.3 is 10.6 Å². The van der Waals surface area contributed by atoms with E-state index in [4.69, 9.17) is 5.73 Å². The molecule has 2 atom stereocenters. The number of carbonyl (C=O) groups excluding carboxylic acids is 1. The van der Waals surface area contributed by atoms with Crippen LogP contribution in [0.3, 0.4) is 0 Å². The Kier molecular flexibility index (Phi) is 5.65. The van der Waals surface area contributed by atoms with E-state index < -0.39 is 0 Å². The van der Waals surface area contributed by atoms with Crippen LogP contribution in [0.4, 0.5) is 5.69 Å². The minimum Gasteiger partial charge on any atom is -0.369 e. The Hall–Kier alpha value is -2.31. The number of hydrogen-bond donors (Lipinski definition) is 1. The molecule has 1 saturated heterocycles. The lowest BCUT2D eigenvalue weighted by atomic mass is 9.95. The van der Waals surface area contributed by atoms with Crippen LogP contribution in [-0.2, 0) is 6.42 Å². The van der Waals surface area contributed by atoms with Crippen molar-refractivity contribution in [2.75, 3.05) is 18.0 Å². The molecule has 0 bridgehead atoms. The number of pyridine rings is 2. The number of fused-ring (bicyclic) bond motifs is 1. The number of thiophene rings is 1. The van der Waals surface area contributed by atoms with Crippen molar-refractivity contribution in [3.8, 4) is 0 Å². The summed E-state index contributed by atoms with van der Waals surface area (Å²) >= 11 is 1.75. The van der Waals surface area contributed by atoms with Gasteiger partial charge in [-0.15, -0.1) is 11.3 Å². The highest BCUT2D eigenvalue weighted by molar-refractivity contribution is 7.19. The first-order valence-electron chi connectivity index (χ1n) is 10.3. The number of rotatable bonds is 5. The lowest BCUT2D eigenvalue weighted by molar-refractivity contribution is 0.0988. The molecular weight excluding hydrogens is 380 g/mol. The molecule has 5 nitrogen and oxygen atoms in total. The lowest BCUT2D eigenvalue weighted by Crippen LogP contribution is -2.46. The van der Waals surface area contributed by atoms with E-state index in [2.05, 4.69) is 41.7 Å². The Bertz CT molecular complexity index is 1020. The van der Waals surface area contributed by atoms with Crippen molar-refractivity contribution in [2.45, 2.75) is 45.6 Å². The van der Waals surface area contributed by atoms with Crippen LogP contribution in [-0.4, -0.2) is 34.9 Å². The molecule has 3 aromatic heterocycles. The third-order valence-electron chi connectivity index (χ3n) is 5.51. The fourth-order valence-electron chi connectivity index (χ4n) is 4.11. The van der Waals surface area contributed by atoms with Crippen molar-refractivity contribution in [3.63, 3.8) is 0 Å². The molecule has 29 heavy (non-hydrogen) atoms. The zero-order valence-corrected chi connectivity index (χ0v) is 18.1. The summed E-state index contributed by atoms with van der Waals surface area (Å²) in [5.41, 5.74) is 9.67. The second-order valence-corrected chi connectivity index (χ2v) is 9.61. The average Bonchev–Trinajstić information content (AvgIpc) is 3.11. The van der Waals surface area contributed by atoms with Gasteiger partial charge in [0.05, 0.1) is 10.2 Å². The van der Waals surface area contributed by atoms with Crippen LogP contribution in [0.5, 0.6) is 0 Å². The molecule has 0 amide bonds. The number of aromatic nitrogens is 2. The fraction of sp³-hybridized carbons (Fsp3) is 0.435. The van der Waals surface area contributed by atoms with Gasteiger partial charge in [-0.05, 0) is 42.5 Å². The molecule has 0 saturated carbocycles. The van der Waals surface area contributed by atoms with E-state index in [1.54, 1.807) is 23.7 Å². The second-order valence-electron chi connectivity index (χ2n) is 8.49. The van der Waals surface area contributed by atoms with E-state index in [0.29, 0.717) is 24.0 Å². The topological polar surface area (TPSA) is 72.1 Å². The second kappa shape index (κ2) is 8.20. The number of Topliss-reactive ketones (excluding diaryl/α,β-unsaturated/α-hetero) is 1. The molecule has 0 aromatic carbocycles. The molecule has 0 spiro atoms. The van der Waals surface area contributed by atoms with Crippen molar-refractivity contribution in [2.24, 2.45) is 11.7 Å². The van der Waals surface area contributed by atoms with Crippen LogP contribution in [0.1, 0.15) is 54.0 Å². The van der Waals surface area contributed by atoms with E-state index in [1.807, 2.05) is 18.2 Å². The van der Waals surface area contributed by atoms with Crippen LogP contribution in [0.2, 0.25) is 0 Å². The number of carbonyl (C=O) groups is 1. The molecule has 3 aromatic rings. The Morgan fingerprint density at radius 3 is 2.90 bits per heavy atom. The van der Waals surface area contributed by atoms with Gasteiger partial charge >= 0.3 is 0 Å². The maximum Gasteiger partial charge on any atom is 0.185 e. The highest BCUT2D eigenvalue weighted by Gasteiger charge is 2.24. The van der Waals surface area contributed by atoms with E-state index in [1.165, 1.54) is 4.88 Å². The molecule has 0 radical (unpaired) electrons. The summed E-state index contributed by atoms with van der Waals surface area (Å²) in [6.45, 7) is 8.34. The number of hydrogen-bond acceptors (Lipinski definition) is 6. The predicted octanol–water partition coefficient (Wildman–Crippen LogP) is 4.41. The van der Waals surface area contributed by atoms with Crippen molar-refractivity contribution in [1.82, 2.24) is 9.97 Å². The normalized spacial score (nSPS) is 19.8. The minimum atomic E-state index is 0.0211. The van der Waals surface area contributed by atoms with Crippen LogP contribution in [0.25, 0.3) is 10.2 Å². The Labute approximate surface area is 176 Å². The molecule has 4 rings (SSSR count). The number of piperidine rings is 1. The molecule has 4 heterocycles. The molecule has 2 N–H and O–H groups in total. The van der Waals surface area contributed by atoms with Gasteiger partial charge in [0.1, 0.15) is 5.69 Å². The smallest absolute Gasteiger partial charge is 0.185 e. The predicted molar refractivity (Wildman–Crippen MR) is 120 cm³/mol. The van der Waals surface area contributed by atoms with Gasteiger partial charge in [-0.25, -0.2) is 4.98 Å². The first kappa shape index (κ1) is 20.0. The number of anilines is 1. The third kappa shape index (κ3) is 4.33. The molecular formula is C23H28N4OS. The SMILES string of the molecule is CC(C)c1cc2nc(C(=O)Cc3cnccc3N3C[C@H](C)C[C@H](N)C3)ccc2s1. The van der Waals surface area contributed by atoms with Gasteiger partial charge in [0.15, 0.2) is 5.78 Å². The van der Waals surface area contributed by atoms with Crippen molar-refractivity contribution in [1.29, 1.82) is 0 Å². The third-order valence-corrected chi connectivity index (χ3v) is 6.90. The summed E-state index contributed by atoms with van der Waals surface area (Å²) in [5.74, 6) is 1.02. The van der Waals surface area contributed by atoms with Gasteiger partial charge in [-0.2, -0.15) is 0 Å². The highest BCUT2D eigenvalue weighted by Crippen LogP contribution is 2.30. The molecule has 1 fully saturated rings. The van der Waals surface area contributed by atoms with E-state index >= 15 is 0 Å². The van der Waals surface area contributed by atoms with Crippen LogP contribution in [0, 0.1) is 5.92 Å². The van der Waals surface area contributed by atoms with Gasteiger partial charge in [0.2, 0.25) is 0 Å². The highest BCUT2D eigenvalue weighted by atomic mass is 32.1. The summed E-state index contributed by atoms with van der Waals surface area (Å²) in [6, 6.07) is 8.13. The summed E-state index contributed by atoms with van der Waals surface area (Å²) in [5, 5.41) is 0. The molecule has 1 aliphatic heterocycles. The number of ketones is 1. The average molecular weight is 409 g/mol. The summed E-state index contributed by atoms with van der Waals surface area (Å²) in [7, 11) is 0. The minimum absolute atomic E-state index is 0.0211. The van der Waals surface area contributed by atoms with Crippen LogP contribution >= 0.6 is 11.3 Å². The van der Waals surface area contributed by atoms with Gasteiger partial charge in [0, 0.05) is 54.1 Å². The standard InChI is InChI=1S/C23H28N4OS/c1-14(2)23-10-19-22(29-23)5-4-18(26-19)21(28)9-16-11-25-7-6-20(16)27-12-15(3)8-17(24)13-27/h4-7,10-11,14-15,17H,8-9,12-13,24H2,1-3H3/t15-,17+/m1/s1. The molecule has 6 heteroatoms. The summed E-state index contributed by atoms with van der Waals surface area (Å²) in [4.78, 5) is 25.5. The maximum atomic E-state index is 13.0. The summed E-state index contributed by atoms with van der Waals surface area (Å²) in [6.07, 6.45) is 4.93. The molecule has 0 aliphatic carbocycles. The largest absolute Gasteiger partial charge is 0.369 e. The first-order chi connectivity index (χ1) is 13.9.